The molecule has 5 nitrogen and oxygen atoms in total. The Kier molecular flexibility index (Phi) is 3.08. The second kappa shape index (κ2) is 4.30. The van der Waals surface area contributed by atoms with E-state index in [-0.39, 0.29) is 0 Å². The fourth-order valence-corrected chi connectivity index (χ4v) is 0.931. The van der Waals surface area contributed by atoms with Crippen molar-refractivity contribution in [2.24, 2.45) is 0 Å². The average molecular weight is 181 g/mol. The zero-order valence-corrected chi connectivity index (χ0v) is 7.03. The molecule has 5 heteroatoms. The fraction of sp³-hybridized carbons (Fsp3) is 0.250. The van der Waals surface area contributed by atoms with E-state index in [1.165, 1.54) is 0 Å². The van der Waals surface area contributed by atoms with Crippen molar-refractivity contribution in [3.05, 3.63) is 24.0 Å². The van der Waals surface area contributed by atoms with Crippen molar-refractivity contribution >= 4 is 11.8 Å². The van der Waals surface area contributed by atoms with Crippen molar-refractivity contribution in [3.63, 3.8) is 0 Å². The van der Waals surface area contributed by atoms with Crippen LogP contribution in [0.1, 0.15) is 5.69 Å². The predicted octanol–water partition coefficient (Wildman–Crippen LogP) is 0.474. The van der Waals surface area contributed by atoms with Crippen molar-refractivity contribution in [1.82, 2.24) is 10.3 Å². The molecule has 0 aliphatic rings. The van der Waals surface area contributed by atoms with Crippen LogP contribution < -0.4 is 11.1 Å². The van der Waals surface area contributed by atoms with E-state index in [2.05, 4.69) is 10.3 Å². The van der Waals surface area contributed by atoms with Crippen molar-refractivity contribution in [1.29, 1.82) is 0 Å². The van der Waals surface area contributed by atoms with Crippen LogP contribution in [0.25, 0.3) is 0 Å². The van der Waals surface area contributed by atoms with Crippen LogP contribution in [0.2, 0.25) is 0 Å². The summed E-state index contributed by atoms with van der Waals surface area (Å²) in [6, 6.07) is 3.41. The van der Waals surface area contributed by atoms with Gasteiger partial charge in [-0.3, -0.25) is 4.98 Å². The van der Waals surface area contributed by atoms with Gasteiger partial charge in [0.2, 0.25) is 0 Å². The number of carbonyl (C=O) groups is 1. The molecule has 1 rings (SSSR count). The smallest absolute Gasteiger partial charge is 0.404 e. The van der Waals surface area contributed by atoms with Gasteiger partial charge in [0.15, 0.2) is 0 Å². The molecule has 1 aromatic heterocycles. The molecule has 0 fully saturated rings. The zero-order valence-electron chi connectivity index (χ0n) is 7.03. The van der Waals surface area contributed by atoms with Gasteiger partial charge in [0, 0.05) is 30.5 Å². The lowest BCUT2D eigenvalue weighted by molar-refractivity contribution is 0.194. The molecule has 0 aliphatic carbocycles. The Morgan fingerprint density at radius 2 is 2.46 bits per heavy atom. The first-order valence-electron chi connectivity index (χ1n) is 3.85. The van der Waals surface area contributed by atoms with Gasteiger partial charge in [0.1, 0.15) is 0 Å². The third kappa shape index (κ3) is 3.42. The van der Waals surface area contributed by atoms with E-state index >= 15 is 0 Å². The van der Waals surface area contributed by atoms with Gasteiger partial charge in [-0.15, -0.1) is 0 Å². The number of anilines is 1. The van der Waals surface area contributed by atoms with Gasteiger partial charge in [-0.2, -0.15) is 0 Å². The number of nitrogens with one attached hydrogen (secondary N) is 1. The van der Waals surface area contributed by atoms with E-state index in [1.807, 2.05) is 0 Å². The van der Waals surface area contributed by atoms with Gasteiger partial charge in [-0.05, 0) is 12.1 Å². The number of nitrogens with zero attached hydrogens (tertiary/aromatic N) is 1. The number of pyridine rings is 1. The Hall–Kier alpha value is -1.78. The van der Waals surface area contributed by atoms with Crippen LogP contribution in [0.4, 0.5) is 10.5 Å². The lowest BCUT2D eigenvalue weighted by Crippen LogP contribution is -2.23. The summed E-state index contributed by atoms with van der Waals surface area (Å²) in [7, 11) is 0. The van der Waals surface area contributed by atoms with Crippen molar-refractivity contribution in [3.8, 4) is 0 Å². The van der Waals surface area contributed by atoms with Crippen LogP contribution in [0.15, 0.2) is 18.3 Å². The van der Waals surface area contributed by atoms with Crippen molar-refractivity contribution < 1.29 is 9.90 Å². The van der Waals surface area contributed by atoms with Gasteiger partial charge in [0.05, 0.1) is 0 Å². The van der Waals surface area contributed by atoms with Gasteiger partial charge in [0.25, 0.3) is 0 Å². The van der Waals surface area contributed by atoms with Gasteiger partial charge in [-0.25, -0.2) is 4.79 Å². The Bertz CT molecular complexity index is 301. The summed E-state index contributed by atoms with van der Waals surface area (Å²) in [5.41, 5.74) is 6.94. The summed E-state index contributed by atoms with van der Waals surface area (Å²) in [4.78, 5) is 14.1. The van der Waals surface area contributed by atoms with E-state index < -0.39 is 6.09 Å². The number of carboxylic acid groups (broad SMARTS) is 1. The summed E-state index contributed by atoms with van der Waals surface area (Å²) >= 11 is 0. The number of nitrogen functional groups attached to an aromatic ring is 1. The maximum Gasteiger partial charge on any atom is 0.404 e. The molecule has 0 aliphatic heterocycles. The normalized spacial score (nSPS) is 9.54. The van der Waals surface area contributed by atoms with Gasteiger partial charge < -0.3 is 16.2 Å². The van der Waals surface area contributed by atoms with E-state index in [9.17, 15) is 4.79 Å². The molecule has 1 amide bonds. The molecule has 0 radical (unpaired) electrons. The van der Waals surface area contributed by atoms with Crippen LogP contribution in [-0.4, -0.2) is 22.7 Å². The third-order valence-corrected chi connectivity index (χ3v) is 1.50. The highest BCUT2D eigenvalue weighted by molar-refractivity contribution is 5.64. The van der Waals surface area contributed by atoms with Crippen molar-refractivity contribution in [2.75, 3.05) is 12.3 Å². The fourth-order valence-electron chi connectivity index (χ4n) is 0.931. The van der Waals surface area contributed by atoms with E-state index in [4.69, 9.17) is 10.8 Å². The summed E-state index contributed by atoms with van der Waals surface area (Å²) in [5, 5.41) is 10.5. The lowest BCUT2D eigenvalue weighted by Gasteiger charge is -2.01. The second-order valence-corrected chi connectivity index (χ2v) is 2.56. The van der Waals surface area contributed by atoms with E-state index in [0.29, 0.717) is 18.7 Å². The van der Waals surface area contributed by atoms with Crippen LogP contribution >= 0.6 is 0 Å². The Morgan fingerprint density at radius 1 is 1.69 bits per heavy atom. The van der Waals surface area contributed by atoms with Crippen LogP contribution in [0.5, 0.6) is 0 Å². The van der Waals surface area contributed by atoms with Gasteiger partial charge >= 0.3 is 6.09 Å². The summed E-state index contributed by atoms with van der Waals surface area (Å²) in [6.45, 7) is 0.353. The molecule has 0 saturated carbocycles. The molecule has 4 N–H and O–H groups in total. The molecule has 0 bridgehead atoms. The first-order chi connectivity index (χ1) is 6.18. The maximum absolute atomic E-state index is 10.1. The molecule has 70 valence electrons. The Labute approximate surface area is 75.6 Å². The average Bonchev–Trinajstić information content (AvgIpc) is 2.03. The second-order valence-electron chi connectivity index (χ2n) is 2.56. The zero-order chi connectivity index (χ0) is 9.68. The van der Waals surface area contributed by atoms with Crippen LogP contribution in [0.3, 0.4) is 0 Å². The van der Waals surface area contributed by atoms with Gasteiger partial charge in [-0.1, -0.05) is 0 Å². The molecule has 0 atom stereocenters. The molecule has 0 aromatic carbocycles. The predicted molar refractivity (Wildman–Crippen MR) is 48.4 cm³/mol. The quantitative estimate of drug-likeness (QED) is 0.632. The lowest BCUT2D eigenvalue weighted by atomic mass is 10.2. The Morgan fingerprint density at radius 3 is 3.08 bits per heavy atom. The minimum atomic E-state index is -1.02. The molecule has 1 heterocycles. The topological polar surface area (TPSA) is 88.2 Å². The number of amides is 1. The highest BCUT2D eigenvalue weighted by Gasteiger charge is 1.97. The third-order valence-electron chi connectivity index (χ3n) is 1.50. The van der Waals surface area contributed by atoms with E-state index in [1.54, 1.807) is 18.3 Å². The monoisotopic (exact) mass is 181 g/mol. The first-order valence-corrected chi connectivity index (χ1v) is 3.85. The highest BCUT2D eigenvalue weighted by atomic mass is 16.4. The molecule has 13 heavy (non-hydrogen) atoms. The minimum absolute atomic E-state index is 0.353. The molecular formula is C8H11N3O2. The number of rotatable bonds is 3. The number of nitrogens with two attached hydrogens (primary N) is 1. The van der Waals surface area contributed by atoms with E-state index in [0.717, 1.165) is 5.69 Å². The standard InChI is InChI=1S/C8H11N3O2/c9-6-1-3-10-7(5-6)2-4-11-8(12)13/h1,3,5,11H,2,4H2,(H2,9,10)(H,12,13). The first kappa shape index (κ1) is 9.31. The SMILES string of the molecule is Nc1ccnc(CCNC(=O)O)c1. The van der Waals surface area contributed by atoms with Crippen LogP contribution in [-0.2, 0) is 6.42 Å². The number of hydrogen-bond acceptors (Lipinski definition) is 3. The molecule has 0 spiro atoms. The maximum atomic E-state index is 10.1. The number of aromatic nitrogens is 1. The summed E-state index contributed by atoms with van der Waals surface area (Å²) < 4.78 is 0. The molecule has 0 saturated heterocycles. The summed E-state index contributed by atoms with van der Waals surface area (Å²) in [6.07, 6.45) is 1.13. The molecule has 1 aromatic rings. The minimum Gasteiger partial charge on any atom is -0.465 e. The molecular weight excluding hydrogens is 170 g/mol. The number of hydrogen-bond donors (Lipinski definition) is 3. The largest absolute Gasteiger partial charge is 0.465 e. The highest BCUT2D eigenvalue weighted by Crippen LogP contribution is 2.02. The van der Waals surface area contributed by atoms with Crippen LogP contribution in [0, 0.1) is 0 Å². The van der Waals surface area contributed by atoms with Crippen molar-refractivity contribution in [2.45, 2.75) is 6.42 Å². The summed E-state index contributed by atoms with van der Waals surface area (Å²) in [5.74, 6) is 0. The molecule has 0 unspecified atom stereocenters. The Balaban J connectivity index is 2.41.